The molecule has 0 radical (unpaired) electrons. The normalized spacial score (nSPS) is 17.3. The fourth-order valence-corrected chi connectivity index (χ4v) is 4.80. The topological polar surface area (TPSA) is 157 Å². The monoisotopic (exact) mass is 632 g/mol. The maximum atomic E-state index is 15.2. The van der Waals surface area contributed by atoms with Crippen LogP contribution in [-0.4, -0.2) is 101 Å². The molecule has 0 aromatic heterocycles. The van der Waals surface area contributed by atoms with Crippen molar-refractivity contribution in [2.45, 2.75) is 26.1 Å². The second-order valence-corrected chi connectivity index (χ2v) is 10.5. The minimum atomic E-state index is -0.647. The van der Waals surface area contributed by atoms with Gasteiger partial charge in [0.2, 0.25) is 11.8 Å². The summed E-state index contributed by atoms with van der Waals surface area (Å²) in [5.74, 6) is -1.62. The average molecular weight is 633 g/mol. The zero-order chi connectivity index (χ0) is 32.5. The van der Waals surface area contributed by atoms with E-state index < -0.39 is 29.9 Å². The lowest BCUT2D eigenvalue weighted by atomic mass is 10.2. The summed E-state index contributed by atoms with van der Waals surface area (Å²) in [6.45, 7) is 4.86. The summed E-state index contributed by atoms with van der Waals surface area (Å²) < 4.78 is 40.6. The van der Waals surface area contributed by atoms with Crippen LogP contribution < -0.4 is 36.5 Å². The van der Waals surface area contributed by atoms with Crippen LogP contribution in [0.2, 0.25) is 0 Å². The molecule has 5 N–H and O–H groups in total. The molecule has 0 unspecified atom stereocenters. The number of anilines is 4. The summed E-state index contributed by atoms with van der Waals surface area (Å²) in [7, 11) is 1.51. The number of ether oxygens (including phenoxy) is 2. The van der Waals surface area contributed by atoms with Gasteiger partial charge in [0.1, 0.15) is 17.7 Å². The molecule has 4 rings (SSSR count). The van der Waals surface area contributed by atoms with Crippen LogP contribution >= 0.6 is 0 Å². The molecular formula is C29H38F2N8O6. The van der Waals surface area contributed by atoms with E-state index in [2.05, 4.69) is 26.7 Å². The minimum Gasteiger partial charge on any atom is -0.442 e. The highest BCUT2D eigenvalue weighted by atomic mass is 19.1. The average Bonchev–Trinajstić information content (AvgIpc) is 3.20. The highest BCUT2D eigenvalue weighted by molar-refractivity contribution is 5.90. The molecule has 0 saturated carbocycles. The molecule has 5 amide bonds. The Morgan fingerprint density at radius 3 is 2.49 bits per heavy atom. The van der Waals surface area contributed by atoms with E-state index in [4.69, 9.17) is 9.47 Å². The Balaban J connectivity index is 1.30. The molecule has 2 fully saturated rings. The summed E-state index contributed by atoms with van der Waals surface area (Å²) in [5, 5.41) is 12.2. The van der Waals surface area contributed by atoms with Crippen LogP contribution in [0.3, 0.4) is 0 Å². The van der Waals surface area contributed by atoms with Crippen molar-refractivity contribution in [3.63, 3.8) is 0 Å². The van der Waals surface area contributed by atoms with Crippen LogP contribution in [0.4, 0.5) is 41.1 Å². The van der Waals surface area contributed by atoms with E-state index in [1.807, 2.05) is 0 Å². The molecule has 0 bridgehead atoms. The highest BCUT2D eigenvalue weighted by Crippen LogP contribution is 2.28. The second kappa shape index (κ2) is 15.3. The Morgan fingerprint density at radius 1 is 1.02 bits per heavy atom. The Labute approximate surface area is 259 Å². The highest BCUT2D eigenvalue weighted by Gasteiger charge is 2.33. The van der Waals surface area contributed by atoms with Gasteiger partial charge in [0, 0.05) is 59.4 Å². The molecule has 16 heteroatoms. The first-order chi connectivity index (χ1) is 21.5. The zero-order valence-electron chi connectivity index (χ0n) is 25.3. The van der Waals surface area contributed by atoms with Gasteiger partial charge in [0.15, 0.2) is 0 Å². The number of urea groups is 1. The predicted molar refractivity (Wildman–Crippen MR) is 163 cm³/mol. The summed E-state index contributed by atoms with van der Waals surface area (Å²) in [6.07, 6.45) is -1.49. The smallest absolute Gasteiger partial charge is 0.414 e. The number of cyclic esters (lactones) is 1. The van der Waals surface area contributed by atoms with E-state index in [9.17, 15) is 23.6 Å². The van der Waals surface area contributed by atoms with Crippen molar-refractivity contribution in [1.82, 2.24) is 21.1 Å². The van der Waals surface area contributed by atoms with Gasteiger partial charge in [-0.1, -0.05) is 0 Å². The second-order valence-electron chi connectivity index (χ2n) is 10.5. The maximum Gasteiger partial charge on any atom is 0.414 e. The third-order valence-electron chi connectivity index (χ3n) is 7.22. The summed E-state index contributed by atoms with van der Waals surface area (Å²) >= 11 is 0. The predicted octanol–water partition coefficient (Wildman–Crippen LogP) is 1.85. The van der Waals surface area contributed by atoms with E-state index in [0.29, 0.717) is 43.2 Å². The quantitative estimate of drug-likeness (QED) is 0.250. The molecule has 2 saturated heterocycles. The number of nitrogens with zero attached hydrogens (tertiary/aromatic N) is 3. The van der Waals surface area contributed by atoms with Crippen LogP contribution in [-0.2, 0) is 19.1 Å². The molecule has 2 aliphatic heterocycles. The van der Waals surface area contributed by atoms with Gasteiger partial charge in [-0.2, -0.15) is 0 Å². The number of amides is 5. The van der Waals surface area contributed by atoms with Gasteiger partial charge in [-0.05, 0) is 36.4 Å². The molecule has 2 aromatic carbocycles. The van der Waals surface area contributed by atoms with Crippen LogP contribution in [0.1, 0.15) is 13.8 Å². The molecule has 45 heavy (non-hydrogen) atoms. The standard InChI is InChI=1S/C29H38F2N8O6/c1-18(40)32-14-22(44-3)15-34-20-4-6-26(24(30)12-20)36-28(42)39-11-10-37(9-8-35-39)27-7-5-21(13-25(27)31)38-17-23(45-29(38)43)16-33-19(2)41/h4-7,12-13,22-23,34-35H,8-11,14-17H2,1-3H3,(H,32,40)(H,33,41)(H,36,42)/t22-,23-/m0/s1. The van der Waals surface area contributed by atoms with Gasteiger partial charge in [0.05, 0.1) is 42.8 Å². The zero-order valence-corrected chi connectivity index (χ0v) is 25.3. The molecular weight excluding hydrogens is 594 g/mol. The van der Waals surface area contributed by atoms with Crippen molar-refractivity contribution in [2.75, 3.05) is 79.9 Å². The van der Waals surface area contributed by atoms with Gasteiger partial charge in [-0.3, -0.25) is 19.5 Å². The summed E-state index contributed by atoms with van der Waals surface area (Å²) in [4.78, 5) is 50.6. The first-order valence-corrected chi connectivity index (χ1v) is 14.4. The molecule has 2 aromatic rings. The van der Waals surface area contributed by atoms with E-state index in [0.717, 1.165) is 0 Å². The van der Waals surface area contributed by atoms with Crippen LogP contribution in [0.15, 0.2) is 36.4 Å². The van der Waals surface area contributed by atoms with Gasteiger partial charge < -0.3 is 35.6 Å². The van der Waals surface area contributed by atoms with Gasteiger partial charge in [-0.25, -0.2) is 23.8 Å². The number of carbonyl (C=O) groups is 4. The molecule has 14 nitrogen and oxygen atoms in total. The minimum absolute atomic E-state index is 0.0172. The van der Waals surface area contributed by atoms with Crippen LogP contribution in [0.25, 0.3) is 0 Å². The molecule has 0 spiro atoms. The third-order valence-corrected chi connectivity index (χ3v) is 7.22. The van der Waals surface area contributed by atoms with Crippen molar-refractivity contribution < 1.29 is 37.4 Å². The number of halogens is 2. The Morgan fingerprint density at radius 2 is 1.80 bits per heavy atom. The van der Waals surface area contributed by atoms with Gasteiger partial charge in [0.25, 0.3) is 0 Å². The van der Waals surface area contributed by atoms with E-state index >= 15 is 4.39 Å². The number of rotatable bonds is 11. The largest absolute Gasteiger partial charge is 0.442 e. The van der Waals surface area contributed by atoms with E-state index in [1.165, 1.54) is 49.1 Å². The first-order valence-electron chi connectivity index (χ1n) is 14.4. The van der Waals surface area contributed by atoms with Gasteiger partial charge >= 0.3 is 12.1 Å². The van der Waals surface area contributed by atoms with E-state index in [1.54, 1.807) is 23.1 Å². The Kier molecular flexibility index (Phi) is 11.3. The fourth-order valence-electron chi connectivity index (χ4n) is 4.80. The Hall–Kier alpha value is -4.70. The molecule has 2 atom stereocenters. The van der Waals surface area contributed by atoms with Crippen molar-refractivity contribution in [3.05, 3.63) is 48.0 Å². The van der Waals surface area contributed by atoms with Crippen molar-refractivity contribution >= 4 is 46.7 Å². The first kappa shape index (κ1) is 33.2. The fraction of sp³-hybridized carbons (Fsp3) is 0.448. The van der Waals surface area contributed by atoms with Gasteiger partial charge in [-0.15, -0.1) is 0 Å². The third kappa shape index (κ3) is 9.15. The van der Waals surface area contributed by atoms with Crippen LogP contribution in [0.5, 0.6) is 0 Å². The molecule has 2 aliphatic rings. The molecule has 244 valence electrons. The number of methoxy groups -OCH3 is 1. The number of nitrogens with one attached hydrogen (secondary N) is 5. The lowest BCUT2D eigenvalue weighted by Gasteiger charge is -2.24. The summed E-state index contributed by atoms with van der Waals surface area (Å²) in [5.41, 5.74) is 4.05. The number of hydrogen-bond acceptors (Lipinski definition) is 9. The van der Waals surface area contributed by atoms with E-state index in [-0.39, 0.29) is 49.8 Å². The number of hydrazine groups is 1. The number of benzene rings is 2. The SMILES string of the molecule is CO[C@@H](CNC(C)=O)CNc1ccc(NC(=O)N2CCN(c3ccc(N4C[C@H](CNC(C)=O)OC4=O)cc3F)CCN2)c(F)c1. The van der Waals surface area contributed by atoms with Crippen molar-refractivity contribution in [2.24, 2.45) is 0 Å². The number of carbonyl (C=O) groups excluding carboxylic acids is 4. The lowest BCUT2D eigenvalue weighted by Crippen LogP contribution is -2.46. The van der Waals surface area contributed by atoms with Crippen molar-refractivity contribution in [3.8, 4) is 0 Å². The Bertz CT molecular complexity index is 1400. The van der Waals surface area contributed by atoms with Crippen molar-refractivity contribution in [1.29, 1.82) is 0 Å². The lowest BCUT2D eigenvalue weighted by molar-refractivity contribution is -0.120. The van der Waals surface area contributed by atoms with Crippen LogP contribution in [0, 0.1) is 11.6 Å². The summed E-state index contributed by atoms with van der Waals surface area (Å²) in [6, 6.07) is 8.14. The number of hydrogen-bond donors (Lipinski definition) is 5. The maximum absolute atomic E-state index is 15.2. The molecule has 0 aliphatic carbocycles. The molecule has 2 heterocycles.